The number of rotatable bonds is 4. The van der Waals surface area contributed by atoms with Crippen molar-refractivity contribution in [3.05, 3.63) is 45.2 Å². The number of nitrogens with two attached hydrogens (primary N) is 1. The maximum absolute atomic E-state index is 6.35. The first-order valence-corrected chi connectivity index (χ1v) is 7.45. The lowest BCUT2D eigenvalue weighted by atomic mass is 10.0. The highest BCUT2D eigenvalue weighted by Gasteiger charge is 2.12. The molecule has 0 fully saturated rings. The van der Waals surface area contributed by atoms with Gasteiger partial charge in [-0.2, -0.15) is 5.10 Å². The van der Waals surface area contributed by atoms with Crippen LogP contribution in [0.15, 0.2) is 18.2 Å². The highest BCUT2D eigenvalue weighted by atomic mass is 35.5. The first-order chi connectivity index (χ1) is 9.43. The van der Waals surface area contributed by atoms with Crippen LogP contribution in [-0.4, -0.2) is 15.8 Å². The first-order valence-electron chi connectivity index (χ1n) is 6.70. The number of benzene rings is 1. The van der Waals surface area contributed by atoms with Gasteiger partial charge in [-0.05, 0) is 44.4 Å². The number of aryl methyl sites for hydroxylation is 1. The fourth-order valence-electron chi connectivity index (χ4n) is 2.14. The van der Waals surface area contributed by atoms with E-state index in [1.807, 2.05) is 36.7 Å². The Labute approximate surface area is 129 Å². The van der Waals surface area contributed by atoms with Crippen molar-refractivity contribution in [3.8, 4) is 5.69 Å². The van der Waals surface area contributed by atoms with Gasteiger partial charge in [0.1, 0.15) is 0 Å². The average Bonchev–Trinajstić information content (AvgIpc) is 2.68. The molecule has 1 aromatic heterocycles. The van der Waals surface area contributed by atoms with Gasteiger partial charge >= 0.3 is 0 Å². The van der Waals surface area contributed by atoms with Gasteiger partial charge in [0.25, 0.3) is 0 Å². The van der Waals surface area contributed by atoms with E-state index in [9.17, 15) is 0 Å². The predicted molar refractivity (Wildman–Crippen MR) is 85.0 cm³/mol. The van der Waals surface area contributed by atoms with Crippen LogP contribution in [0.2, 0.25) is 10.0 Å². The Morgan fingerprint density at radius 3 is 2.50 bits per heavy atom. The average molecular weight is 312 g/mol. The monoisotopic (exact) mass is 311 g/mol. The van der Waals surface area contributed by atoms with Gasteiger partial charge in [0.2, 0.25) is 0 Å². The quantitative estimate of drug-likeness (QED) is 0.924. The summed E-state index contributed by atoms with van der Waals surface area (Å²) in [5.41, 5.74) is 9.69. The van der Waals surface area contributed by atoms with Crippen LogP contribution in [0.3, 0.4) is 0 Å². The molecule has 1 aromatic carbocycles. The third-order valence-corrected chi connectivity index (χ3v) is 4.39. The molecule has 0 saturated heterocycles. The summed E-state index contributed by atoms with van der Waals surface area (Å²) < 4.78 is 1.81. The van der Waals surface area contributed by atoms with Crippen molar-refractivity contribution in [1.82, 2.24) is 9.78 Å². The van der Waals surface area contributed by atoms with Gasteiger partial charge < -0.3 is 5.73 Å². The van der Waals surface area contributed by atoms with Gasteiger partial charge in [0.05, 0.1) is 22.1 Å². The second kappa shape index (κ2) is 6.17. The van der Waals surface area contributed by atoms with Crippen molar-refractivity contribution in [1.29, 1.82) is 0 Å². The van der Waals surface area contributed by atoms with E-state index in [1.54, 1.807) is 0 Å². The lowest BCUT2D eigenvalue weighted by Crippen LogP contribution is -2.21. The van der Waals surface area contributed by atoms with Crippen LogP contribution >= 0.6 is 23.2 Å². The van der Waals surface area contributed by atoms with Gasteiger partial charge in [-0.3, -0.25) is 0 Å². The van der Waals surface area contributed by atoms with Gasteiger partial charge in [-0.25, -0.2) is 4.68 Å². The van der Waals surface area contributed by atoms with Crippen molar-refractivity contribution in [2.45, 2.75) is 39.7 Å². The molecule has 0 aliphatic carbocycles. The number of hydrogen-bond acceptors (Lipinski definition) is 2. The van der Waals surface area contributed by atoms with Crippen molar-refractivity contribution >= 4 is 23.2 Å². The molecule has 2 N–H and O–H groups in total. The summed E-state index contributed by atoms with van der Waals surface area (Å²) in [6.07, 6.45) is 1.72. The highest BCUT2D eigenvalue weighted by Crippen LogP contribution is 2.26. The smallest absolute Gasteiger partial charge is 0.0848 e. The minimum Gasteiger partial charge on any atom is -0.327 e. The molecule has 0 spiro atoms. The van der Waals surface area contributed by atoms with Crippen LogP contribution in [0.1, 0.15) is 30.3 Å². The molecular weight excluding hydrogens is 293 g/mol. The molecule has 1 unspecified atom stereocenters. The summed E-state index contributed by atoms with van der Waals surface area (Å²) >= 11 is 12.5. The standard InChI is InChI=1S/C15H19Cl2N3/c1-4-12(18)7-11-5-6-13(8-14(11)16)20-10(3)15(17)9(2)19-20/h5-6,8,12H,4,7,18H2,1-3H3. The summed E-state index contributed by atoms with van der Waals surface area (Å²) in [6.45, 7) is 5.91. The molecule has 2 rings (SSSR count). The Hall–Kier alpha value is -1.03. The Bertz CT molecular complexity index is 620. The van der Waals surface area contributed by atoms with E-state index in [-0.39, 0.29) is 6.04 Å². The summed E-state index contributed by atoms with van der Waals surface area (Å²) in [5.74, 6) is 0. The lowest BCUT2D eigenvalue weighted by molar-refractivity contribution is 0.646. The summed E-state index contributed by atoms with van der Waals surface area (Å²) in [5, 5.41) is 5.84. The van der Waals surface area contributed by atoms with Crippen molar-refractivity contribution in [2.24, 2.45) is 5.73 Å². The fourth-order valence-corrected chi connectivity index (χ4v) is 2.51. The van der Waals surface area contributed by atoms with E-state index in [4.69, 9.17) is 28.9 Å². The summed E-state index contributed by atoms with van der Waals surface area (Å²) in [7, 11) is 0. The van der Waals surface area contributed by atoms with Gasteiger partial charge in [0, 0.05) is 11.1 Å². The molecule has 108 valence electrons. The van der Waals surface area contributed by atoms with Crippen LogP contribution in [0.25, 0.3) is 5.69 Å². The lowest BCUT2D eigenvalue weighted by Gasteiger charge is -2.12. The maximum atomic E-state index is 6.35. The molecule has 0 aliphatic heterocycles. The summed E-state index contributed by atoms with van der Waals surface area (Å²) in [4.78, 5) is 0. The Balaban J connectivity index is 2.35. The Kier molecular flexibility index (Phi) is 4.74. The third kappa shape index (κ3) is 3.00. The molecular formula is C15H19Cl2N3. The van der Waals surface area contributed by atoms with Gasteiger partial charge in [-0.1, -0.05) is 36.2 Å². The predicted octanol–water partition coefficient (Wildman–Crippen LogP) is 4.08. The normalized spacial score (nSPS) is 12.7. The van der Waals surface area contributed by atoms with E-state index in [0.29, 0.717) is 5.02 Å². The van der Waals surface area contributed by atoms with Crippen LogP contribution in [0.4, 0.5) is 0 Å². The zero-order chi connectivity index (χ0) is 14.9. The topological polar surface area (TPSA) is 43.8 Å². The SMILES string of the molecule is CCC(N)Cc1ccc(-n2nc(C)c(Cl)c2C)cc1Cl. The maximum Gasteiger partial charge on any atom is 0.0848 e. The third-order valence-electron chi connectivity index (χ3n) is 3.49. The highest BCUT2D eigenvalue weighted by molar-refractivity contribution is 6.32. The molecule has 5 heteroatoms. The molecule has 2 aromatic rings. The number of nitrogens with zero attached hydrogens (tertiary/aromatic N) is 2. The molecule has 3 nitrogen and oxygen atoms in total. The minimum absolute atomic E-state index is 0.140. The van der Waals surface area contributed by atoms with Crippen LogP contribution in [-0.2, 0) is 6.42 Å². The van der Waals surface area contributed by atoms with Gasteiger partial charge in [0.15, 0.2) is 0 Å². The van der Waals surface area contributed by atoms with E-state index in [1.165, 1.54) is 0 Å². The van der Waals surface area contributed by atoms with Crippen LogP contribution in [0.5, 0.6) is 0 Å². The zero-order valence-electron chi connectivity index (χ0n) is 12.0. The largest absolute Gasteiger partial charge is 0.327 e. The fraction of sp³-hybridized carbons (Fsp3) is 0.400. The van der Waals surface area contributed by atoms with Crippen molar-refractivity contribution in [2.75, 3.05) is 0 Å². The van der Waals surface area contributed by atoms with E-state index in [2.05, 4.69) is 12.0 Å². The molecule has 1 atom stereocenters. The number of aromatic nitrogens is 2. The van der Waals surface area contributed by atoms with E-state index in [0.717, 1.165) is 40.5 Å². The van der Waals surface area contributed by atoms with Crippen molar-refractivity contribution < 1.29 is 0 Å². The Morgan fingerprint density at radius 1 is 1.30 bits per heavy atom. The van der Waals surface area contributed by atoms with E-state index < -0.39 is 0 Å². The second-order valence-electron chi connectivity index (χ2n) is 5.04. The zero-order valence-corrected chi connectivity index (χ0v) is 13.5. The molecule has 1 heterocycles. The van der Waals surface area contributed by atoms with Crippen LogP contribution < -0.4 is 5.73 Å². The molecule has 0 amide bonds. The Morgan fingerprint density at radius 2 is 2.00 bits per heavy atom. The second-order valence-corrected chi connectivity index (χ2v) is 5.83. The molecule has 0 aliphatic rings. The summed E-state index contributed by atoms with van der Waals surface area (Å²) in [6, 6.07) is 6.06. The number of halogens is 2. The van der Waals surface area contributed by atoms with Gasteiger partial charge in [-0.15, -0.1) is 0 Å². The molecule has 0 radical (unpaired) electrons. The number of hydrogen-bond donors (Lipinski definition) is 1. The molecule has 0 bridgehead atoms. The van der Waals surface area contributed by atoms with Crippen molar-refractivity contribution in [3.63, 3.8) is 0 Å². The molecule has 20 heavy (non-hydrogen) atoms. The minimum atomic E-state index is 0.140. The molecule has 0 saturated carbocycles. The van der Waals surface area contributed by atoms with E-state index >= 15 is 0 Å². The first kappa shape index (κ1) is 15.4. The van der Waals surface area contributed by atoms with Crippen LogP contribution in [0, 0.1) is 13.8 Å².